The molecule has 2 aromatic carbocycles. The molecule has 1 fully saturated rings. The van der Waals surface area contributed by atoms with E-state index < -0.39 is 6.10 Å². The van der Waals surface area contributed by atoms with Crippen LogP contribution < -0.4 is 19.1 Å². The predicted octanol–water partition coefficient (Wildman–Crippen LogP) is 2.55. The maximum atomic E-state index is 13.1. The van der Waals surface area contributed by atoms with Crippen molar-refractivity contribution < 1.29 is 28.4 Å². The highest BCUT2D eigenvalue weighted by atomic mass is 19.1. The van der Waals surface area contributed by atoms with Gasteiger partial charge < -0.3 is 29.0 Å². The molecule has 1 atom stereocenters. The lowest BCUT2D eigenvalue weighted by atomic mass is 10.2. The van der Waals surface area contributed by atoms with Gasteiger partial charge in [0.2, 0.25) is 5.75 Å². The van der Waals surface area contributed by atoms with Gasteiger partial charge in [0.25, 0.3) is 0 Å². The molecule has 3 rings (SSSR count). The maximum Gasteiger partial charge on any atom is 0.203 e. The first kappa shape index (κ1) is 23.1. The van der Waals surface area contributed by atoms with Gasteiger partial charge in [0.05, 0.1) is 40.6 Å². The Morgan fingerprint density at radius 1 is 0.935 bits per heavy atom. The lowest BCUT2D eigenvalue weighted by Crippen LogP contribution is -2.49. The monoisotopic (exact) mass is 434 g/mol. The molecule has 170 valence electrons. The molecule has 0 radical (unpaired) electrons. The van der Waals surface area contributed by atoms with E-state index >= 15 is 0 Å². The summed E-state index contributed by atoms with van der Waals surface area (Å²) in [5.41, 5.74) is 1.89. The van der Waals surface area contributed by atoms with E-state index in [1.807, 2.05) is 12.1 Å². The molecule has 1 saturated heterocycles. The summed E-state index contributed by atoms with van der Waals surface area (Å²) >= 11 is 0. The van der Waals surface area contributed by atoms with Crippen LogP contribution in [0, 0.1) is 5.82 Å². The van der Waals surface area contributed by atoms with Crippen LogP contribution in [0.3, 0.4) is 0 Å². The van der Waals surface area contributed by atoms with E-state index in [0.29, 0.717) is 30.4 Å². The summed E-state index contributed by atoms with van der Waals surface area (Å²) in [6.45, 7) is 4.45. The van der Waals surface area contributed by atoms with Crippen molar-refractivity contribution in [2.75, 3.05) is 65.6 Å². The quantitative estimate of drug-likeness (QED) is 0.617. The van der Waals surface area contributed by atoms with Gasteiger partial charge in [-0.15, -0.1) is 0 Å². The summed E-state index contributed by atoms with van der Waals surface area (Å²) in [5, 5.41) is 10.4. The van der Waals surface area contributed by atoms with E-state index in [0.717, 1.165) is 37.4 Å². The molecule has 0 spiro atoms. The number of methoxy groups -OCH3 is 3. The third-order valence-corrected chi connectivity index (χ3v) is 5.34. The zero-order chi connectivity index (χ0) is 22.2. The van der Waals surface area contributed by atoms with Gasteiger partial charge in [0.15, 0.2) is 11.5 Å². The molecular formula is C23H31FN2O5. The zero-order valence-electron chi connectivity index (χ0n) is 18.3. The molecule has 2 aromatic rings. The van der Waals surface area contributed by atoms with Crippen molar-refractivity contribution in [2.45, 2.75) is 12.7 Å². The number of halogens is 1. The number of benzene rings is 2. The van der Waals surface area contributed by atoms with Crippen LogP contribution in [-0.4, -0.2) is 76.8 Å². The van der Waals surface area contributed by atoms with Crippen LogP contribution in [0.15, 0.2) is 36.4 Å². The van der Waals surface area contributed by atoms with E-state index in [4.69, 9.17) is 18.9 Å². The van der Waals surface area contributed by atoms with Crippen LogP contribution in [0.1, 0.15) is 5.56 Å². The van der Waals surface area contributed by atoms with Crippen LogP contribution in [0.2, 0.25) is 0 Å². The van der Waals surface area contributed by atoms with E-state index in [9.17, 15) is 9.50 Å². The summed E-state index contributed by atoms with van der Waals surface area (Å²) in [5.74, 6) is 1.45. The van der Waals surface area contributed by atoms with Gasteiger partial charge in [-0.25, -0.2) is 4.39 Å². The first-order chi connectivity index (χ1) is 15.0. The number of hydrogen-bond acceptors (Lipinski definition) is 7. The second-order valence-electron chi connectivity index (χ2n) is 7.47. The molecule has 1 aliphatic heterocycles. The van der Waals surface area contributed by atoms with Crippen LogP contribution >= 0.6 is 0 Å². The molecule has 1 N–H and O–H groups in total. The Morgan fingerprint density at radius 2 is 1.55 bits per heavy atom. The SMILES string of the molecule is COc1cc(COC[C@H](O)CN2CCN(c3ccc(F)cc3)CC2)cc(OC)c1OC. The lowest BCUT2D eigenvalue weighted by Gasteiger charge is -2.36. The van der Waals surface area contributed by atoms with E-state index in [-0.39, 0.29) is 12.4 Å². The fourth-order valence-electron chi connectivity index (χ4n) is 3.72. The number of anilines is 1. The third-order valence-electron chi connectivity index (χ3n) is 5.34. The van der Waals surface area contributed by atoms with Crippen LogP contribution in [0.25, 0.3) is 0 Å². The largest absolute Gasteiger partial charge is 0.493 e. The summed E-state index contributed by atoms with van der Waals surface area (Å²) < 4.78 is 34.9. The number of ether oxygens (including phenoxy) is 4. The van der Waals surface area contributed by atoms with Gasteiger partial charge >= 0.3 is 0 Å². The lowest BCUT2D eigenvalue weighted by molar-refractivity contribution is 0.00905. The Labute approximate surface area is 182 Å². The molecule has 8 heteroatoms. The van der Waals surface area contributed by atoms with Gasteiger partial charge in [-0.1, -0.05) is 0 Å². The van der Waals surface area contributed by atoms with E-state index in [1.165, 1.54) is 12.1 Å². The smallest absolute Gasteiger partial charge is 0.203 e. The van der Waals surface area contributed by atoms with Crippen LogP contribution in [0.4, 0.5) is 10.1 Å². The van der Waals surface area contributed by atoms with Crippen molar-refractivity contribution in [3.05, 3.63) is 47.8 Å². The minimum Gasteiger partial charge on any atom is -0.493 e. The highest BCUT2D eigenvalue weighted by Gasteiger charge is 2.20. The van der Waals surface area contributed by atoms with Crippen LogP contribution in [-0.2, 0) is 11.3 Å². The van der Waals surface area contributed by atoms with Crippen molar-refractivity contribution in [2.24, 2.45) is 0 Å². The van der Waals surface area contributed by atoms with E-state index in [1.54, 1.807) is 33.5 Å². The van der Waals surface area contributed by atoms with Gasteiger partial charge in [0.1, 0.15) is 5.82 Å². The Morgan fingerprint density at radius 3 is 2.10 bits per heavy atom. The number of piperazine rings is 1. The molecule has 0 amide bonds. The summed E-state index contributed by atoms with van der Waals surface area (Å²) in [6, 6.07) is 10.2. The summed E-state index contributed by atoms with van der Waals surface area (Å²) in [4.78, 5) is 4.44. The molecule has 0 aromatic heterocycles. The fourth-order valence-corrected chi connectivity index (χ4v) is 3.72. The normalized spacial score (nSPS) is 15.6. The molecule has 1 aliphatic rings. The summed E-state index contributed by atoms with van der Waals surface area (Å²) in [6.07, 6.45) is -0.584. The highest BCUT2D eigenvalue weighted by molar-refractivity contribution is 5.53. The van der Waals surface area contributed by atoms with E-state index in [2.05, 4.69) is 9.80 Å². The van der Waals surface area contributed by atoms with Crippen molar-refractivity contribution in [3.63, 3.8) is 0 Å². The van der Waals surface area contributed by atoms with Gasteiger partial charge in [-0.05, 0) is 42.0 Å². The molecular weight excluding hydrogens is 403 g/mol. The number of rotatable bonds is 10. The average molecular weight is 435 g/mol. The Balaban J connectivity index is 1.43. The first-order valence-electron chi connectivity index (χ1n) is 10.3. The second-order valence-corrected chi connectivity index (χ2v) is 7.47. The molecule has 0 aliphatic carbocycles. The maximum absolute atomic E-state index is 13.1. The van der Waals surface area contributed by atoms with Crippen molar-refractivity contribution in [1.82, 2.24) is 4.90 Å². The summed E-state index contributed by atoms with van der Waals surface area (Å²) in [7, 11) is 4.70. The molecule has 7 nitrogen and oxygen atoms in total. The van der Waals surface area contributed by atoms with Gasteiger partial charge in [0, 0.05) is 38.4 Å². The number of β-amino-alcohol motifs (C(OH)–C–C–N with tert-alkyl or cyclic N) is 1. The van der Waals surface area contributed by atoms with Crippen molar-refractivity contribution in [1.29, 1.82) is 0 Å². The fraction of sp³-hybridized carbons (Fsp3) is 0.478. The molecule has 31 heavy (non-hydrogen) atoms. The minimum atomic E-state index is -0.584. The Hall–Kier alpha value is -2.55. The predicted molar refractivity (Wildman–Crippen MR) is 117 cm³/mol. The number of nitrogens with zero attached hydrogens (tertiary/aromatic N) is 2. The topological polar surface area (TPSA) is 63.6 Å². The Kier molecular flexibility index (Phi) is 8.34. The second kappa shape index (κ2) is 11.2. The minimum absolute atomic E-state index is 0.225. The molecule has 0 unspecified atom stereocenters. The number of aliphatic hydroxyl groups is 1. The first-order valence-corrected chi connectivity index (χ1v) is 10.3. The van der Waals surface area contributed by atoms with Crippen LogP contribution in [0.5, 0.6) is 17.2 Å². The molecule has 0 saturated carbocycles. The van der Waals surface area contributed by atoms with Crippen molar-refractivity contribution >= 4 is 5.69 Å². The van der Waals surface area contributed by atoms with Crippen molar-refractivity contribution in [3.8, 4) is 17.2 Å². The number of hydrogen-bond donors (Lipinski definition) is 1. The highest BCUT2D eigenvalue weighted by Crippen LogP contribution is 2.38. The van der Waals surface area contributed by atoms with Gasteiger partial charge in [-0.3, -0.25) is 4.90 Å². The number of aliphatic hydroxyl groups excluding tert-OH is 1. The average Bonchev–Trinajstić information content (AvgIpc) is 2.79. The molecule has 0 bridgehead atoms. The standard InChI is InChI=1S/C23H31FN2O5/c1-28-21-12-17(13-22(29-2)23(21)30-3)15-31-16-20(27)14-25-8-10-26(11-9-25)19-6-4-18(24)5-7-19/h4-7,12-13,20,27H,8-11,14-16H2,1-3H3/t20-/m1/s1. The zero-order valence-corrected chi connectivity index (χ0v) is 18.3. The molecule has 1 heterocycles. The van der Waals surface area contributed by atoms with Gasteiger partial charge in [-0.2, -0.15) is 0 Å². The third kappa shape index (κ3) is 6.22. The Bertz CT molecular complexity index is 800.